The van der Waals surface area contributed by atoms with Crippen molar-refractivity contribution in [3.8, 4) is 0 Å². The number of aliphatic imine (C=N–C) groups is 1. The van der Waals surface area contributed by atoms with Gasteiger partial charge >= 0.3 is 0 Å². The molecule has 1 unspecified atom stereocenters. The van der Waals surface area contributed by atoms with E-state index in [1.54, 1.807) is 0 Å². The van der Waals surface area contributed by atoms with Crippen LogP contribution in [0.15, 0.2) is 51.9 Å². The first-order chi connectivity index (χ1) is 10.1. The van der Waals surface area contributed by atoms with Gasteiger partial charge in [0.25, 0.3) is 0 Å². The summed E-state index contributed by atoms with van der Waals surface area (Å²) in [6, 6.07) is 14.9. The molecule has 1 aliphatic rings. The molecule has 1 heterocycles. The molecule has 21 heavy (non-hydrogen) atoms. The molecule has 2 aromatic rings. The van der Waals surface area contributed by atoms with Crippen LogP contribution in [0.4, 0.5) is 5.69 Å². The lowest BCUT2D eigenvalue weighted by Crippen LogP contribution is -2.36. The Balaban J connectivity index is 2.02. The van der Waals surface area contributed by atoms with Crippen LogP contribution in [-0.4, -0.2) is 12.5 Å². The number of hydrogen-bond donors (Lipinski definition) is 1. The third-order valence-electron chi connectivity index (χ3n) is 3.88. The largest absolute Gasteiger partial charge is 0.369 e. The van der Waals surface area contributed by atoms with E-state index in [4.69, 9.17) is 5.73 Å². The molecule has 0 spiro atoms. The molecule has 4 heteroatoms. The van der Waals surface area contributed by atoms with E-state index in [9.17, 15) is 0 Å². The SMILES string of the molecule is Cc1ccc(C)c(C2CN=C(N)N2c2ccc(Br)cc2)c1. The molecule has 2 N–H and O–H groups in total. The lowest BCUT2D eigenvalue weighted by atomic mass is 9.98. The van der Waals surface area contributed by atoms with E-state index in [0.717, 1.165) is 10.2 Å². The summed E-state index contributed by atoms with van der Waals surface area (Å²) >= 11 is 3.47. The predicted octanol–water partition coefficient (Wildman–Crippen LogP) is 3.94. The average molecular weight is 344 g/mol. The molecule has 0 saturated carbocycles. The minimum Gasteiger partial charge on any atom is -0.369 e. The number of anilines is 1. The summed E-state index contributed by atoms with van der Waals surface area (Å²) in [5.74, 6) is 0.586. The number of benzene rings is 2. The highest BCUT2D eigenvalue weighted by molar-refractivity contribution is 9.10. The van der Waals surface area contributed by atoms with Gasteiger partial charge in [-0.05, 0) is 49.2 Å². The number of guanidine groups is 1. The highest BCUT2D eigenvalue weighted by atomic mass is 79.9. The fraction of sp³-hybridized carbons (Fsp3) is 0.235. The van der Waals surface area contributed by atoms with Gasteiger partial charge in [0.2, 0.25) is 0 Å². The van der Waals surface area contributed by atoms with E-state index in [2.05, 4.69) is 70.0 Å². The van der Waals surface area contributed by atoms with Gasteiger partial charge in [-0.3, -0.25) is 4.99 Å². The quantitative estimate of drug-likeness (QED) is 0.897. The first-order valence-corrected chi connectivity index (χ1v) is 7.77. The van der Waals surface area contributed by atoms with Crippen molar-refractivity contribution in [3.63, 3.8) is 0 Å². The van der Waals surface area contributed by atoms with E-state index >= 15 is 0 Å². The second-order valence-electron chi connectivity index (χ2n) is 5.42. The summed E-state index contributed by atoms with van der Waals surface area (Å²) in [6.45, 7) is 4.96. The molecule has 3 rings (SSSR count). The summed E-state index contributed by atoms with van der Waals surface area (Å²) in [5.41, 5.74) is 11.0. The fourth-order valence-corrected chi connectivity index (χ4v) is 3.03. The van der Waals surface area contributed by atoms with Crippen LogP contribution >= 0.6 is 15.9 Å². The zero-order chi connectivity index (χ0) is 15.0. The summed E-state index contributed by atoms with van der Waals surface area (Å²) in [4.78, 5) is 6.57. The summed E-state index contributed by atoms with van der Waals surface area (Å²) in [6.07, 6.45) is 0. The second kappa shape index (κ2) is 5.53. The van der Waals surface area contributed by atoms with Crippen LogP contribution in [0.3, 0.4) is 0 Å². The van der Waals surface area contributed by atoms with Crippen molar-refractivity contribution in [2.24, 2.45) is 10.7 Å². The van der Waals surface area contributed by atoms with Gasteiger partial charge in [0.1, 0.15) is 0 Å². The van der Waals surface area contributed by atoms with Gasteiger partial charge in [0.15, 0.2) is 5.96 Å². The first kappa shape index (κ1) is 14.1. The number of hydrogen-bond acceptors (Lipinski definition) is 3. The minimum atomic E-state index is 0.172. The van der Waals surface area contributed by atoms with Crippen LogP contribution < -0.4 is 10.6 Å². The highest BCUT2D eigenvalue weighted by Gasteiger charge is 2.29. The molecule has 1 aliphatic heterocycles. The topological polar surface area (TPSA) is 41.6 Å². The summed E-state index contributed by atoms with van der Waals surface area (Å²) in [5, 5.41) is 0. The Morgan fingerprint density at radius 1 is 1.14 bits per heavy atom. The summed E-state index contributed by atoms with van der Waals surface area (Å²) in [7, 11) is 0. The lowest BCUT2D eigenvalue weighted by molar-refractivity contribution is 0.761. The number of rotatable bonds is 2. The Morgan fingerprint density at radius 2 is 1.86 bits per heavy atom. The average Bonchev–Trinajstić information content (AvgIpc) is 2.84. The third kappa shape index (κ3) is 2.68. The van der Waals surface area contributed by atoms with Crippen molar-refractivity contribution in [3.05, 3.63) is 63.6 Å². The maximum Gasteiger partial charge on any atom is 0.196 e. The molecule has 0 saturated heterocycles. The Hall–Kier alpha value is -1.81. The monoisotopic (exact) mass is 343 g/mol. The number of halogens is 1. The maximum absolute atomic E-state index is 6.13. The molecule has 2 aromatic carbocycles. The predicted molar refractivity (Wildman–Crippen MR) is 91.8 cm³/mol. The van der Waals surface area contributed by atoms with Gasteiger partial charge in [-0.15, -0.1) is 0 Å². The molecular formula is C17H18BrN3. The Morgan fingerprint density at radius 3 is 2.57 bits per heavy atom. The van der Waals surface area contributed by atoms with Crippen LogP contribution in [-0.2, 0) is 0 Å². The van der Waals surface area contributed by atoms with E-state index in [1.165, 1.54) is 16.7 Å². The van der Waals surface area contributed by atoms with Gasteiger partial charge in [-0.1, -0.05) is 39.7 Å². The third-order valence-corrected chi connectivity index (χ3v) is 4.41. The summed E-state index contributed by atoms with van der Waals surface area (Å²) < 4.78 is 1.06. The van der Waals surface area contributed by atoms with Gasteiger partial charge in [0, 0.05) is 10.2 Å². The van der Waals surface area contributed by atoms with Crippen molar-refractivity contribution in [2.45, 2.75) is 19.9 Å². The minimum absolute atomic E-state index is 0.172. The number of aryl methyl sites for hydroxylation is 2. The first-order valence-electron chi connectivity index (χ1n) is 6.98. The molecule has 0 aliphatic carbocycles. The van der Waals surface area contributed by atoms with Crippen LogP contribution in [0.25, 0.3) is 0 Å². The molecule has 1 atom stereocenters. The van der Waals surface area contributed by atoms with Crippen LogP contribution in [0, 0.1) is 13.8 Å². The Kier molecular flexibility index (Phi) is 3.72. The molecule has 0 fully saturated rings. The lowest BCUT2D eigenvalue weighted by Gasteiger charge is -2.28. The smallest absolute Gasteiger partial charge is 0.196 e. The molecule has 0 aromatic heterocycles. The van der Waals surface area contributed by atoms with Crippen LogP contribution in [0.2, 0.25) is 0 Å². The second-order valence-corrected chi connectivity index (χ2v) is 6.34. The maximum atomic E-state index is 6.13. The molecular weight excluding hydrogens is 326 g/mol. The van der Waals surface area contributed by atoms with Crippen molar-refractivity contribution in [1.29, 1.82) is 0 Å². The van der Waals surface area contributed by atoms with Crippen molar-refractivity contribution >= 4 is 27.6 Å². The van der Waals surface area contributed by atoms with Gasteiger partial charge < -0.3 is 10.6 Å². The van der Waals surface area contributed by atoms with Crippen LogP contribution in [0.5, 0.6) is 0 Å². The van der Waals surface area contributed by atoms with Crippen molar-refractivity contribution < 1.29 is 0 Å². The van der Waals surface area contributed by atoms with Gasteiger partial charge in [0.05, 0.1) is 12.6 Å². The van der Waals surface area contributed by atoms with Crippen LogP contribution in [0.1, 0.15) is 22.7 Å². The molecule has 108 valence electrons. The molecule has 0 bridgehead atoms. The number of nitrogens with two attached hydrogens (primary N) is 1. The zero-order valence-corrected chi connectivity index (χ0v) is 13.8. The van der Waals surface area contributed by atoms with E-state index in [0.29, 0.717) is 12.5 Å². The Labute approximate surface area is 133 Å². The Bertz CT molecular complexity index is 692. The van der Waals surface area contributed by atoms with E-state index in [-0.39, 0.29) is 6.04 Å². The normalized spacial score (nSPS) is 18.0. The number of nitrogens with zero attached hydrogens (tertiary/aromatic N) is 2. The van der Waals surface area contributed by atoms with Crippen molar-refractivity contribution in [1.82, 2.24) is 0 Å². The van der Waals surface area contributed by atoms with E-state index in [1.807, 2.05) is 12.1 Å². The highest BCUT2D eigenvalue weighted by Crippen LogP contribution is 2.33. The molecule has 3 nitrogen and oxygen atoms in total. The van der Waals surface area contributed by atoms with E-state index < -0.39 is 0 Å². The molecule has 0 amide bonds. The van der Waals surface area contributed by atoms with Gasteiger partial charge in [-0.2, -0.15) is 0 Å². The fourth-order valence-electron chi connectivity index (χ4n) is 2.77. The standard InChI is InChI=1S/C17H18BrN3/c1-11-3-4-12(2)15(9-11)16-10-20-17(19)21(16)14-7-5-13(18)6-8-14/h3-9,16H,10H2,1-2H3,(H2,19,20). The van der Waals surface area contributed by atoms with Crippen molar-refractivity contribution in [2.75, 3.05) is 11.4 Å². The molecule has 0 radical (unpaired) electrons. The van der Waals surface area contributed by atoms with Gasteiger partial charge in [-0.25, -0.2) is 0 Å². The zero-order valence-electron chi connectivity index (χ0n) is 12.2.